The Labute approximate surface area is 94.8 Å². The molecule has 0 aliphatic carbocycles. The van der Waals surface area contributed by atoms with Crippen LogP contribution in [0.2, 0.25) is 0 Å². The molecule has 1 N–H and O–H groups in total. The zero-order valence-corrected chi connectivity index (χ0v) is 9.53. The number of rotatable bonds is 6. The van der Waals surface area contributed by atoms with Crippen molar-refractivity contribution in [1.29, 1.82) is 0 Å². The molecule has 0 radical (unpaired) electrons. The van der Waals surface area contributed by atoms with Crippen molar-refractivity contribution < 1.29 is 19.4 Å². The number of ketones is 1. The molecule has 0 saturated carbocycles. The van der Waals surface area contributed by atoms with E-state index in [2.05, 4.69) is 0 Å². The Morgan fingerprint density at radius 3 is 2.50 bits per heavy atom. The number of ether oxygens (including phenoxy) is 2. The molecule has 1 aromatic carbocycles. The highest BCUT2D eigenvalue weighted by atomic mass is 16.5. The lowest BCUT2D eigenvalue weighted by Gasteiger charge is -2.08. The standard InChI is InChI=1S/C12H16O4/c1-15-11-6-5-9(8-12(11)16-2)10(14)4-3-7-13/h5-6,8,13H,3-4,7H2,1-2H3. The van der Waals surface area contributed by atoms with Gasteiger partial charge < -0.3 is 14.6 Å². The third-order valence-corrected chi connectivity index (χ3v) is 2.27. The van der Waals surface area contributed by atoms with E-state index in [4.69, 9.17) is 14.6 Å². The summed E-state index contributed by atoms with van der Waals surface area (Å²) in [6, 6.07) is 5.05. The summed E-state index contributed by atoms with van der Waals surface area (Å²) < 4.78 is 10.2. The molecular formula is C12H16O4. The zero-order chi connectivity index (χ0) is 12.0. The monoisotopic (exact) mass is 224 g/mol. The van der Waals surface area contributed by atoms with Gasteiger partial charge in [0.15, 0.2) is 17.3 Å². The number of carbonyl (C=O) groups excluding carboxylic acids is 1. The van der Waals surface area contributed by atoms with E-state index in [-0.39, 0.29) is 12.4 Å². The van der Waals surface area contributed by atoms with E-state index in [1.54, 1.807) is 25.3 Å². The van der Waals surface area contributed by atoms with Crippen LogP contribution in [0.1, 0.15) is 23.2 Å². The smallest absolute Gasteiger partial charge is 0.163 e. The Balaban J connectivity index is 2.85. The Morgan fingerprint density at radius 1 is 1.25 bits per heavy atom. The highest BCUT2D eigenvalue weighted by molar-refractivity contribution is 5.96. The summed E-state index contributed by atoms with van der Waals surface area (Å²) in [7, 11) is 3.07. The van der Waals surface area contributed by atoms with Gasteiger partial charge in [-0.2, -0.15) is 0 Å². The van der Waals surface area contributed by atoms with Crippen molar-refractivity contribution in [1.82, 2.24) is 0 Å². The van der Waals surface area contributed by atoms with Crippen molar-refractivity contribution in [2.75, 3.05) is 20.8 Å². The van der Waals surface area contributed by atoms with Gasteiger partial charge in [0, 0.05) is 18.6 Å². The Bertz CT molecular complexity index is 360. The molecule has 0 unspecified atom stereocenters. The lowest BCUT2D eigenvalue weighted by atomic mass is 10.1. The van der Waals surface area contributed by atoms with Crippen molar-refractivity contribution in [2.45, 2.75) is 12.8 Å². The minimum absolute atomic E-state index is 0.00463. The molecule has 4 heteroatoms. The van der Waals surface area contributed by atoms with Gasteiger partial charge in [0.2, 0.25) is 0 Å². The second-order valence-electron chi connectivity index (χ2n) is 3.32. The van der Waals surface area contributed by atoms with Crippen LogP contribution in [0, 0.1) is 0 Å². The summed E-state index contributed by atoms with van der Waals surface area (Å²) in [5.74, 6) is 1.13. The molecule has 4 nitrogen and oxygen atoms in total. The molecule has 0 heterocycles. The van der Waals surface area contributed by atoms with Gasteiger partial charge in [-0.15, -0.1) is 0 Å². The third-order valence-electron chi connectivity index (χ3n) is 2.27. The summed E-state index contributed by atoms with van der Waals surface area (Å²) in [6.45, 7) is 0.0268. The van der Waals surface area contributed by atoms with Gasteiger partial charge >= 0.3 is 0 Å². The summed E-state index contributed by atoms with van der Waals surface area (Å²) in [5, 5.41) is 8.65. The maximum absolute atomic E-state index is 11.7. The Kier molecular flexibility index (Phi) is 4.79. The number of hydrogen-bond acceptors (Lipinski definition) is 4. The van der Waals surface area contributed by atoms with E-state index >= 15 is 0 Å². The topological polar surface area (TPSA) is 55.8 Å². The molecular weight excluding hydrogens is 208 g/mol. The van der Waals surface area contributed by atoms with Gasteiger partial charge in [0.1, 0.15) is 0 Å². The SMILES string of the molecule is COc1ccc(C(=O)CCCO)cc1OC. The van der Waals surface area contributed by atoms with Gasteiger partial charge in [0.25, 0.3) is 0 Å². The van der Waals surface area contributed by atoms with E-state index in [9.17, 15) is 4.79 Å². The summed E-state index contributed by atoms with van der Waals surface area (Å²) in [6.07, 6.45) is 0.819. The fourth-order valence-corrected chi connectivity index (χ4v) is 1.39. The molecule has 0 aromatic heterocycles. The first-order valence-corrected chi connectivity index (χ1v) is 5.09. The van der Waals surface area contributed by atoms with Gasteiger partial charge in [-0.25, -0.2) is 0 Å². The highest BCUT2D eigenvalue weighted by Gasteiger charge is 2.10. The van der Waals surface area contributed by atoms with E-state index in [0.29, 0.717) is 29.9 Å². The molecule has 0 amide bonds. The minimum atomic E-state index is -0.00463. The van der Waals surface area contributed by atoms with Crippen LogP contribution in [0.25, 0.3) is 0 Å². The lowest BCUT2D eigenvalue weighted by Crippen LogP contribution is -2.01. The zero-order valence-electron chi connectivity index (χ0n) is 9.53. The van der Waals surface area contributed by atoms with Crippen LogP contribution in [0.15, 0.2) is 18.2 Å². The summed E-state index contributed by atoms with van der Waals surface area (Å²) >= 11 is 0. The van der Waals surface area contributed by atoms with Gasteiger partial charge in [-0.1, -0.05) is 0 Å². The number of aliphatic hydroxyl groups excluding tert-OH is 1. The number of benzene rings is 1. The Hall–Kier alpha value is -1.55. The normalized spacial score (nSPS) is 9.94. The van der Waals surface area contributed by atoms with E-state index in [1.165, 1.54) is 7.11 Å². The molecule has 88 valence electrons. The molecule has 0 saturated heterocycles. The molecule has 0 aliphatic rings. The first kappa shape index (κ1) is 12.5. The number of aliphatic hydroxyl groups is 1. The maximum atomic E-state index is 11.7. The van der Waals surface area contributed by atoms with Crippen LogP contribution in [0.5, 0.6) is 11.5 Å². The van der Waals surface area contributed by atoms with Crippen molar-refractivity contribution in [3.63, 3.8) is 0 Å². The largest absolute Gasteiger partial charge is 0.493 e. The van der Waals surface area contributed by atoms with Crippen molar-refractivity contribution >= 4 is 5.78 Å². The quantitative estimate of drug-likeness (QED) is 0.746. The summed E-state index contributed by atoms with van der Waals surface area (Å²) in [5.41, 5.74) is 0.575. The molecule has 0 bridgehead atoms. The predicted molar refractivity (Wildman–Crippen MR) is 60.2 cm³/mol. The van der Waals surface area contributed by atoms with Crippen LogP contribution >= 0.6 is 0 Å². The average molecular weight is 224 g/mol. The fraction of sp³-hybridized carbons (Fsp3) is 0.417. The van der Waals surface area contributed by atoms with E-state index < -0.39 is 0 Å². The molecule has 1 rings (SSSR count). The number of methoxy groups -OCH3 is 2. The van der Waals surface area contributed by atoms with E-state index in [1.807, 2.05) is 0 Å². The lowest BCUT2D eigenvalue weighted by molar-refractivity contribution is 0.0971. The molecule has 0 aliphatic heterocycles. The highest BCUT2D eigenvalue weighted by Crippen LogP contribution is 2.28. The van der Waals surface area contributed by atoms with Gasteiger partial charge in [-0.05, 0) is 24.6 Å². The van der Waals surface area contributed by atoms with Crippen LogP contribution in [-0.2, 0) is 0 Å². The summed E-state index contributed by atoms with van der Waals surface area (Å²) in [4.78, 5) is 11.7. The third kappa shape index (κ3) is 2.97. The fourth-order valence-electron chi connectivity index (χ4n) is 1.39. The van der Waals surface area contributed by atoms with E-state index in [0.717, 1.165) is 0 Å². The van der Waals surface area contributed by atoms with Crippen LogP contribution < -0.4 is 9.47 Å². The molecule has 0 spiro atoms. The first-order chi connectivity index (χ1) is 7.72. The number of Topliss-reactive ketones (excluding diaryl/α,β-unsaturated/α-hetero) is 1. The molecule has 1 aromatic rings. The maximum Gasteiger partial charge on any atom is 0.163 e. The van der Waals surface area contributed by atoms with Gasteiger partial charge in [0.05, 0.1) is 14.2 Å². The van der Waals surface area contributed by atoms with Crippen molar-refractivity contribution in [2.24, 2.45) is 0 Å². The molecule has 0 fully saturated rings. The minimum Gasteiger partial charge on any atom is -0.493 e. The van der Waals surface area contributed by atoms with Crippen LogP contribution in [-0.4, -0.2) is 31.7 Å². The van der Waals surface area contributed by atoms with Crippen LogP contribution in [0.4, 0.5) is 0 Å². The van der Waals surface area contributed by atoms with Gasteiger partial charge in [-0.3, -0.25) is 4.79 Å². The van der Waals surface area contributed by atoms with Crippen molar-refractivity contribution in [3.05, 3.63) is 23.8 Å². The second-order valence-corrected chi connectivity index (χ2v) is 3.32. The van der Waals surface area contributed by atoms with Crippen molar-refractivity contribution in [3.8, 4) is 11.5 Å². The first-order valence-electron chi connectivity index (χ1n) is 5.09. The number of carbonyl (C=O) groups is 1. The molecule has 0 atom stereocenters. The predicted octanol–water partition coefficient (Wildman–Crippen LogP) is 1.66. The van der Waals surface area contributed by atoms with Crippen LogP contribution in [0.3, 0.4) is 0 Å². The average Bonchev–Trinajstić information content (AvgIpc) is 2.34. The molecule has 16 heavy (non-hydrogen) atoms. The number of hydrogen-bond donors (Lipinski definition) is 1. The Morgan fingerprint density at radius 2 is 1.94 bits per heavy atom. The second kappa shape index (κ2) is 6.12.